The normalized spacial score (nSPS) is 19.2. The van der Waals surface area contributed by atoms with Gasteiger partial charge >= 0.3 is 0 Å². The lowest BCUT2D eigenvalue weighted by Gasteiger charge is -2.29. The van der Waals surface area contributed by atoms with Gasteiger partial charge in [-0.3, -0.25) is 9.52 Å². The van der Waals surface area contributed by atoms with Crippen molar-refractivity contribution in [2.45, 2.75) is 30.2 Å². The van der Waals surface area contributed by atoms with Gasteiger partial charge in [-0.15, -0.1) is 0 Å². The summed E-state index contributed by atoms with van der Waals surface area (Å²) in [5.74, 6) is -0.347. The maximum Gasteiger partial charge on any atom is 0.274 e. The molecule has 6 nitrogen and oxygen atoms in total. The number of sulfonamides is 1. The number of amides is 1. The molecule has 218 valence electrons. The highest BCUT2D eigenvalue weighted by Gasteiger charge is 2.44. The second-order valence-electron chi connectivity index (χ2n) is 10.5. The number of rotatable bonds is 6. The van der Waals surface area contributed by atoms with Gasteiger partial charge < -0.3 is 0 Å². The molecule has 2 atom stereocenters. The summed E-state index contributed by atoms with van der Waals surface area (Å²) >= 11 is 13.0. The number of hydrogen-bond acceptors (Lipinski definition) is 4. The standard InChI is InChI=1S/C33H26Br2ClN3O3S/c34-25-11-7-21(8-12-25)19-23-3-2-6-30-31(23)37-39(32(30)22-9-13-26(35)14-10-22)33(40)24-4-1-5-29(20-24)43(41,42)38-28-17-15-27(36)16-18-28/h1,4-5,7-20,30,32,38H,2-3,6H2/b23-19+/t30-,32-/m0/s1. The van der Waals surface area contributed by atoms with Crippen LogP contribution in [-0.2, 0) is 10.0 Å². The average molecular weight is 740 g/mol. The third-order valence-corrected chi connectivity index (χ3v) is 10.3. The number of carbonyl (C=O) groups excluding carboxylic acids is 1. The second kappa shape index (κ2) is 12.4. The first-order valence-electron chi connectivity index (χ1n) is 13.7. The Morgan fingerprint density at radius 3 is 2.30 bits per heavy atom. The summed E-state index contributed by atoms with van der Waals surface area (Å²) in [7, 11) is -3.96. The Balaban J connectivity index is 1.37. The summed E-state index contributed by atoms with van der Waals surface area (Å²) < 4.78 is 31.0. The highest BCUT2D eigenvalue weighted by Crippen LogP contribution is 2.45. The number of anilines is 1. The summed E-state index contributed by atoms with van der Waals surface area (Å²) in [6.07, 6.45) is 4.88. The number of hydrogen-bond donors (Lipinski definition) is 1. The Hall–Kier alpha value is -3.24. The van der Waals surface area contributed by atoms with E-state index in [0.29, 0.717) is 10.7 Å². The third kappa shape index (κ3) is 6.50. The summed E-state index contributed by atoms with van der Waals surface area (Å²) in [5.41, 5.74) is 4.66. The van der Waals surface area contributed by atoms with Gasteiger partial charge in [0.15, 0.2) is 0 Å². The lowest BCUT2D eigenvalue weighted by atomic mass is 9.77. The van der Waals surface area contributed by atoms with Gasteiger partial charge in [0, 0.05) is 31.1 Å². The summed E-state index contributed by atoms with van der Waals surface area (Å²) in [4.78, 5) is 14.2. The maximum atomic E-state index is 14.2. The average Bonchev–Trinajstić information content (AvgIpc) is 3.40. The molecule has 1 heterocycles. The molecule has 0 radical (unpaired) electrons. The highest BCUT2D eigenvalue weighted by atomic mass is 79.9. The zero-order valence-electron chi connectivity index (χ0n) is 22.8. The number of fused-ring (bicyclic) bond motifs is 1. The molecule has 1 aliphatic heterocycles. The number of carbonyl (C=O) groups is 1. The smallest absolute Gasteiger partial charge is 0.274 e. The highest BCUT2D eigenvalue weighted by molar-refractivity contribution is 9.10. The van der Waals surface area contributed by atoms with E-state index >= 15 is 0 Å². The van der Waals surface area contributed by atoms with E-state index in [4.69, 9.17) is 16.7 Å². The zero-order valence-corrected chi connectivity index (χ0v) is 27.5. The van der Waals surface area contributed by atoms with Crippen molar-refractivity contribution in [3.8, 4) is 0 Å². The Labute approximate surface area is 272 Å². The summed E-state index contributed by atoms with van der Waals surface area (Å²) in [6, 6.07) is 28.2. The zero-order chi connectivity index (χ0) is 30.1. The minimum atomic E-state index is -3.96. The number of hydrazone groups is 1. The molecule has 0 aromatic heterocycles. The van der Waals surface area contributed by atoms with Crippen LogP contribution < -0.4 is 4.72 Å². The van der Waals surface area contributed by atoms with Crippen molar-refractivity contribution in [1.29, 1.82) is 0 Å². The Morgan fingerprint density at radius 2 is 1.60 bits per heavy atom. The molecule has 43 heavy (non-hydrogen) atoms. The van der Waals surface area contributed by atoms with Crippen LogP contribution in [0.3, 0.4) is 0 Å². The van der Waals surface area contributed by atoms with Crippen LogP contribution in [0.1, 0.15) is 46.8 Å². The number of benzene rings is 4. The van der Waals surface area contributed by atoms with E-state index in [-0.39, 0.29) is 28.3 Å². The number of nitrogens with zero attached hydrogens (tertiary/aromatic N) is 2. The number of halogens is 3. The van der Waals surface area contributed by atoms with E-state index in [0.717, 1.165) is 50.6 Å². The molecule has 0 bridgehead atoms. The van der Waals surface area contributed by atoms with Crippen molar-refractivity contribution in [3.05, 3.63) is 133 Å². The van der Waals surface area contributed by atoms with Gasteiger partial charge in [0.25, 0.3) is 15.9 Å². The monoisotopic (exact) mass is 737 g/mol. The molecule has 1 saturated carbocycles. The first-order chi connectivity index (χ1) is 20.7. The van der Waals surface area contributed by atoms with Crippen molar-refractivity contribution in [2.24, 2.45) is 11.0 Å². The largest absolute Gasteiger partial charge is 0.280 e. The molecule has 0 unspecified atom stereocenters. The topological polar surface area (TPSA) is 78.8 Å². The molecule has 4 aromatic rings. The fourth-order valence-electron chi connectivity index (χ4n) is 5.58. The van der Waals surface area contributed by atoms with Crippen molar-refractivity contribution in [3.63, 3.8) is 0 Å². The first kappa shape index (κ1) is 29.8. The van der Waals surface area contributed by atoms with Crippen LogP contribution in [0.25, 0.3) is 6.08 Å². The molecule has 1 amide bonds. The fraction of sp³-hybridized carbons (Fsp3) is 0.152. The molecular weight excluding hydrogens is 714 g/mol. The van der Waals surface area contributed by atoms with Gasteiger partial charge in [-0.1, -0.05) is 73.8 Å². The third-order valence-electron chi connectivity index (χ3n) is 7.62. The maximum absolute atomic E-state index is 14.2. The van der Waals surface area contributed by atoms with Crippen LogP contribution in [0, 0.1) is 5.92 Å². The van der Waals surface area contributed by atoms with Crippen molar-refractivity contribution < 1.29 is 13.2 Å². The van der Waals surface area contributed by atoms with E-state index in [1.54, 1.807) is 41.4 Å². The van der Waals surface area contributed by atoms with Gasteiger partial charge in [-0.05, 0) is 109 Å². The van der Waals surface area contributed by atoms with E-state index in [1.807, 2.05) is 36.4 Å². The minimum Gasteiger partial charge on any atom is -0.280 e. The van der Waals surface area contributed by atoms with Crippen molar-refractivity contribution >= 4 is 76.9 Å². The molecule has 4 aromatic carbocycles. The Kier molecular flexibility index (Phi) is 8.60. The number of allylic oxidation sites excluding steroid dienone is 1. The molecular formula is C33H26Br2ClN3O3S. The van der Waals surface area contributed by atoms with E-state index in [1.165, 1.54) is 12.1 Å². The molecule has 6 rings (SSSR count). The van der Waals surface area contributed by atoms with E-state index in [9.17, 15) is 13.2 Å². The molecule has 0 saturated heterocycles. The van der Waals surface area contributed by atoms with Gasteiger partial charge in [0.1, 0.15) is 0 Å². The predicted molar refractivity (Wildman–Crippen MR) is 179 cm³/mol. The van der Waals surface area contributed by atoms with Crippen LogP contribution in [0.2, 0.25) is 5.02 Å². The van der Waals surface area contributed by atoms with Gasteiger partial charge in [0.05, 0.1) is 16.6 Å². The van der Waals surface area contributed by atoms with Crippen molar-refractivity contribution in [1.82, 2.24) is 5.01 Å². The summed E-state index contributed by atoms with van der Waals surface area (Å²) in [5, 5.41) is 7.01. The Morgan fingerprint density at radius 1 is 0.930 bits per heavy atom. The fourth-order valence-corrected chi connectivity index (χ4v) is 7.34. The first-order valence-corrected chi connectivity index (χ1v) is 17.2. The SMILES string of the molecule is O=C(c1cccc(S(=O)(=O)Nc2ccc(Cl)cc2)c1)N1N=C2/C(=C/c3ccc(Br)cc3)CCC[C@@H]2[C@@H]1c1ccc(Br)cc1. The summed E-state index contributed by atoms with van der Waals surface area (Å²) in [6.45, 7) is 0. The van der Waals surface area contributed by atoms with Crippen molar-refractivity contribution in [2.75, 3.05) is 4.72 Å². The van der Waals surface area contributed by atoms with Crippen LogP contribution in [0.15, 0.2) is 122 Å². The molecule has 1 aliphatic carbocycles. The molecule has 1 N–H and O–H groups in total. The molecule has 10 heteroatoms. The molecule has 2 aliphatic rings. The lowest BCUT2D eigenvalue weighted by molar-refractivity contribution is 0.0680. The predicted octanol–water partition coefficient (Wildman–Crippen LogP) is 9.10. The molecule has 0 spiro atoms. The van der Waals surface area contributed by atoms with E-state index < -0.39 is 10.0 Å². The van der Waals surface area contributed by atoms with Gasteiger partial charge in [-0.25, -0.2) is 13.4 Å². The van der Waals surface area contributed by atoms with E-state index in [2.05, 4.69) is 54.8 Å². The van der Waals surface area contributed by atoms with Crippen LogP contribution in [0.5, 0.6) is 0 Å². The number of nitrogens with one attached hydrogen (secondary N) is 1. The lowest BCUT2D eigenvalue weighted by Crippen LogP contribution is -2.32. The van der Waals surface area contributed by atoms with Gasteiger partial charge in [0.2, 0.25) is 0 Å². The quantitative estimate of drug-likeness (QED) is 0.214. The van der Waals surface area contributed by atoms with Crippen LogP contribution >= 0.6 is 43.5 Å². The van der Waals surface area contributed by atoms with Gasteiger partial charge in [-0.2, -0.15) is 5.10 Å². The minimum absolute atomic E-state index is 0.0130. The Bertz CT molecular complexity index is 1840. The molecule has 1 fully saturated rings. The van der Waals surface area contributed by atoms with Crippen LogP contribution in [0.4, 0.5) is 5.69 Å². The van der Waals surface area contributed by atoms with Crippen LogP contribution in [-0.4, -0.2) is 25.0 Å². The second-order valence-corrected chi connectivity index (χ2v) is 14.4.